The second-order valence-electron chi connectivity index (χ2n) is 10.6. The van der Waals surface area contributed by atoms with E-state index in [0.717, 1.165) is 27.8 Å². The van der Waals surface area contributed by atoms with E-state index in [-0.39, 0.29) is 18.2 Å². The van der Waals surface area contributed by atoms with E-state index in [1.807, 2.05) is 82.3 Å². The monoisotopic (exact) mass is 470 g/mol. The van der Waals surface area contributed by atoms with Crippen LogP contribution in [0.25, 0.3) is 0 Å². The standard InChI is InChI=1S/C31H38N2O2/c1-22-11-10-14-27(17-22)21-33(29(34)20-26-16-15-23(2)24(3)18-26)28(30(35)32-31(4,5)6)19-25-12-8-7-9-13-25/h7-18,28H,19-21H2,1-6H3,(H,32,35). The molecule has 0 aliphatic heterocycles. The zero-order chi connectivity index (χ0) is 25.6. The average molecular weight is 471 g/mol. The molecule has 3 rings (SSSR count). The van der Waals surface area contributed by atoms with E-state index in [1.54, 1.807) is 4.90 Å². The summed E-state index contributed by atoms with van der Waals surface area (Å²) in [6, 6.07) is 23.6. The number of carbonyl (C=O) groups is 2. The molecule has 0 saturated heterocycles. The molecule has 0 aliphatic carbocycles. The molecule has 4 heteroatoms. The smallest absolute Gasteiger partial charge is 0.243 e. The summed E-state index contributed by atoms with van der Waals surface area (Å²) >= 11 is 0. The number of nitrogens with one attached hydrogen (secondary N) is 1. The van der Waals surface area contributed by atoms with Gasteiger partial charge in [-0.15, -0.1) is 0 Å². The molecular formula is C31H38N2O2. The van der Waals surface area contributed by atoms with Crippen LogP contribution in [0, 0.1) is 20.8 Å². The Labute approximate surface area is 210 Å². The Morgan fingerprint density at radius 1 is 0.800 bits per heavy atom. The quantitative estimate of drug-likeness (QED) is 0.458. The number of rotatable bonds is 8. The van der Waals surface area contributed by atoms with Crippen molar-refractivity contribution in [2.45, 2.75) is 72.5 Å². The van der Waals surface area contributed by atoms with Crippen LogP contribution in [-0.2, 0) is 29.0 Å². The van der Waals surface area contributed by atoms with Crippen LogP contribution < -0.4 is 5.32 Å². The van der Waals surface area contributed by atoms with Crippen LogP contribution in [-0.4, -0.2) is 28.3 Å². The molecule has 3 aromatic carbocycles. The van der Waals surface area contributed by atoms with Crippen molar-refractivity contribution >= 4 is 11.8 Å². The summed E-state index contributed by atoms with van der Waals surface area (Å²) in [5.41, 5.74) is 6.08. The Bertz CT molecular complexity index is 1160. The molecular weight excluding hydrogens is 432 g/mol. The fourth-order valence-electron chi connectivity index (χ4n) is 4.20. The van der Waals surface area contributed by atoms with Crippen molar-refractivity contribution in [2.24, 2.45) is 0 Å². The lowest BCUT2D eigenvalue weighted by Crippen LogP contribution is -2.54. The lowest BCUT2D eigenvalue weighted by atomic mass is 9.99. The first kappa shape index (κ1) is 26.2. The van der Waals surface area contributed by atoms with Crippen LogP contribution in [0.15, 0.2) is 72.8 Å². The van der Waals surface area contributed by atoms with E-state index in [1.165, 1.54) is 5.56 Å². The maximum atomic E-state index is 13.8. The Kier molecular flexibility index (Phi) is 8.50. The van der Waals surface area contributed by atoms with Crippen molar-refractivity contribution in [2.75, 3.05) is 0 Å². The number of amides is 2. The SMILES string of the molecule is Cc1cccc(CN(C(=O)Cc2ccc(C)c(C)c2)C(Cc2ccccc2)C(=O)NC(C)(C)C)c1. The molecule has 3 aromatic rings. The first-order chi connectivity index (χ1) is 16.5. The van der Waals surface area contributed by atoms with Gasteiger partial charge in [0.15, 0.2) is 0 Å². The summed E-state index contributed by atoms with van der Waals surface area (Å²) in [7, 11) is 0. The minimum atomic E-state index is -0.629. The molecule has 0 heterocycles. The number of carbonyl (C=O) groups excluding carboxylic acids is 2. The molecule has 0 spiro atoms. The summed E-state index contributed by atoms with van der Waals surface area (Å²) in [5, 5.41) is 3.12. The maximum absolute atomic E-state index is 13.8. The lowest BCUT2D eigenvalue weighted by Gasteiger charge is -2.34. The van der Waals surface area contributed by atoms with Gasteiger partial charge in [-0.2, -0.15) is 0 Å². The van der Waals surface area contributed by atoms with E-state index in [0.29, 0.717) is 13.0 Å². The first-order valence-electron chi connectivity index (χ1n) is 12.3. The second kappa shape index (κ2) is 11.4. The summed E-state index contributed by atoms with van der Waals surface area (Å²) < 4.78 is 0. The highest BCUT2D eigenvalue weighted by Crippen LogP contribution is 2.19. The minimum absolute atomic E-state index is 0.0558. The highest BCUT2D eigenvalue weighted by Gasteiger charge is 2.32. The van der Waals surface area contributed by atoms with Crippen molar-refractivity contribution in [3.8, 4) is 0 Å². The Morgan fingerprint density at radius 2 is 1.49 bits per heavy atom. The van der Waals surface area contributed by atoms with Crippen LogP contribution in [0.4, 0.5) is 0 Å². The molecule has 0 radical (unpaired) electrons. The Hall–Kier alpha value is -3.40. The molecule has 0 saturated carbocycles. The third-order valence-electron chi connectivity index (χ3n) is 6.13. The summed E-state index contributed by atoms with van der Waals surface area (Å²) in [6.07, 6.45) is 0.703. The molecule has 184 valence electrons. The molecule has 0 aliphatic rings. The van der Waals surface area contributed by atoms with Crippen molar-refractivity contribution in [1.82, 2.24) is 10.2 Å². The molecule has 0 fully saturated rings. The second-order valence-corrected chi connectivity index (χ2v) is 10.6. The minimum Gasteiger partial charge on any atom is -0.350 e. The molecule has 0 bridgehead atoms. The largest absolute Gasteiger partial charge is 0.350 e. The molecule has 0 aromatic heterocycles. The normalized spacial score (nSPS) is 12.2. The van der Waals surface area contributed by atoms with Crippen LogP contribution in [0.3, 0.4) is 0 Å². The maximum Gasteiger partial charge on any atom is 0.243 e. The predicted molar refractivity (Wildman–Crippen MR) is 143 cm³/mol. The van der Waals surface area contributed by atoms with E-state index >= 15 is 0 Å². The molecule has 35 heavy (non-hydrogen) atoms. The summed E-state index contributed by atoms with van der Waals surface area (Å²) in [5.74, 6) is -0.192. The van der Waals surface area contributed by atoms with Crippen molar-refractivity contribution in [3.63, 3.8) is 0 Å². The topological polar surface area (TPSA) is 49.4 Å². The third-order valence-corrected chi connectivity index (χ3v) is 6.13. The van der Waals surface area contributed by atoms with Crippen molar-refractivity contribution in [1.29, 1.82) is 0 Å². The highest BCUT2D eigenvalue weighted by atomic mass is 16.2. The predicted octanol–water partition coefficient (Wildman–Crippen LogP) is 5.71. The van der Waals surface area contributed by atoms with Gasteiger partial charge in [0, 0.05) is 18.5 Å². The van der Waals surface area contributed by atoms with E-state index in [9.17, 15) is 9.59 Å². The number of nitrogens with zero attached hydrogens (tertiary/aromatic N) is 1. The van der Waals surface area contributed by atoms with Gasteiger partial charge >= 0.3 is 0 Å². The fourth-order valence-corrected chi connectivity index (χ4v) is 4.20. The molecule has 1 N–H and O–H groups in total. The van der Waals surface area contributed by atoms with Crippen LogP contribution in [0.2, 0.25) is 0 Å². The van der Waals surface area contributed by atoms with Gasteiger partial charge in [0.1, 0.15) is 6.04 Å². The lowest BCUT2D eigenvalue weighted by molar-refractivity contribution is -0.141. The van der Waals surface area contributed by atoms with Gasteiger partial charge < -0.3 is 10.2 Å². The fraction of sp³-hybridized carbons (Fsp3) is 0.355. The van der Waals surface area contributed by atoms with Gasteiger partial charge in [-0.3, -0.25) is 9.59 Å². The van der Waals surface area contributed by atoms with Crippen LogP contribution in [0.1, 0.15) is 54.2 Å². The van der Waals surface area contributed by atoms with Crippen LogP contribution in [0.5, 0.6) is 0 Å². The summed E-state index contributed by atoms with van der Waals surface area (Å²) in [6.45, 7) is 12.4. The van der Waals surface area contributed by atoms with E-state index in [2.05, 4.69) is 37.4 Å². The first-order valence-corrected chi connectivity index (χ1v) is 12.3. The van der Waals surface area contributed by atoms with E-state index in [4.69, 9.17) is 0 Å². The Morgan fingerprint density at radius 3 is 2.11 bits per heavy atom. The number of aryl methyl sites for hydroxylation is 3. The number of hydrogen-bond acceptors (Lipinski definition) is 2. The molecule has 2 amide bonds. The molecule has 1 unspecified atom stereocenters. The molecule has 4 nitrogen and oxygen atoms in total. The zero-order valence-electron chi connectivity index (χ0n) is 21.9. The van der Waals surface area contributed by atoms with Gasteiger partial charge in [-0.05, 0) is 69.4 Å². The van der Waals surface area contributed by atoms with Gasteiger partial charge in [0.05, 0.1) is 6.42 Å². The third kappa shape index (κ3) is 7.81. The van der Waals surface area contributed by atoms with Crippen molar-refractivity contribution < 1.29 is 9.59 Å². The van der Waals surface area contributed by atoms with Gasteiger partial charge in [-0.25, -0.2) is 0 Å². The zero-order valence-corrected chi connectivity index (χ0v) is 21.9. The van der Waals surface area contributed by atoms with Crippen LogP contribution >= 0.6 is 0 Å². The van der Waals surface area contributed by atoms with Gasteiger partial charge in [0.25, 0.3) is 0 Å². The number of hydrogen-bond donors (Lipinski definition) is 1. The van der Waals surface area contributed by atoms with E-state index < -0.39 is 11.6 Å². The number of benzene rings is 3. The molecule has 1 atom stereocenters. The van der Waals surface area contributed by atoms with Crippen molar-refractivity contribution in [3.05, 3.63) is 106 Å². The average Bonchev–Trinajstić information content (AvgIpc) is 2.78. The highest BCUT2D eigenvalue weighted by molar-refractivity contribution is 5.89. The van der Waals surface area contributed by atoms with Gasteiger partial charge in [0.2, 0.25) is 11.8 Å². The van der Waals surface area contributed by atoms with Gasteiger partial charge in [-0.1, -0.05) is 78.4 Å². The summed E-state index contributed by atoms with van der Waals surface area (Å²) in [4.78, 5) is 29.2. The Balaban J connectivity index is 2.00.